The summed E-state index contributed by atoms with van der Waals surface area (Å²) < 4.78 is 5.65. The van der Waals surface area contributed by atoms with Gasteiger partial charge in [0.25, 0.3) is 0 Å². The van der Waals surface area contributed by atoms with Crippen molar-refractivity contribution in [1.29, 1.82) is 0 Å². The fraction of sp³-hybridized carbons (Fsp3) is 0.615. The van der Waals surface area contributed by atoms with Crippen LogP contribution in [0.3, 0.4) is 0 Å². The Kier molecular flexibility index (Phi) is 4.77. The first-order valence-electron chi connectivity index (χ1n) is 6.12. The van der Waals surface area contributed by atoms with Crippen molar-refractivity contribution >= 4 is 0 Å². The highest BCUT2D eigenvalue weighted by Gasteiger charge is 2.11. The van der Waals surface area contributed by atoms with E-state index >= 15 is 0 Å². The number of piperidine rings is 1. The molecule has 0 unspecified atom stereocenters. The maximum absolute atomic E-state index is 5.65. The molecule has 1 N–H and O–H groups in total. The second kappa shape index (κ2) is 6.61. The van der Waals surface area contributed by atoms with E-state index in [4.69, 9.17) is 4.74 Å². The second-order valence-corrected chi connectivity index (χ2v) is 4.41. The average Bonchev–Trinajstić information content (AvgIpc) is 2.37. The van der Waals surface area contributed by atoms with Crippen molar-refractivity contribution in [3.8, 4) is 0 Å². The molecule has 0 saturated carbocycles. The van der Waals surface area contributed by atoms with Crippen LogP contribution in [0.1, 0.15) is 24.8 Å². The molecule has 0 amide bonds. The zero-order valence-electron chi connectivity index (χ0n) is 9.69. The Labute approximate surface area is 97.2 Å². The van der Waals surface area contributed by atoms with E-state index in [1.807, 2.05) is 12.3 Å². The maximum Gasteiger partial charge on any atom is 0.0731 e. The van der Waals surface area contributed by atoms with Gasteiger partial charge in [0, 0.05) is 19.0 Å². The summed E-state index contributed by atoms with van der Waals surface area (Å²) in [7, 11) is 0. The van der Waals surface area contributed by atoms with Crippen molar-refractivity contribution in [2.45, 2.75) is 25.9 Å². The Morgan fingerprint density at radius 1 is 1.50 bits per heavy atom. The first-order chi connectivity index (χ1) is 7.95. The topological polar surface area (TPSA) is 34.1 Å². The lowest BCUT2D eigenvalue weighted by molar-refractivity contribution is 0.103. The molecule has 16 heavy (non-hydrogen) atoms. The number of hydrogen-bond acceptors (Lipinski definition) is 3. The third-order valence-corrected chi connectivity index (χ3v) is 3.06. The molecule has 1 aliphatic rings. The Morgan fingerprint density at radius 2 is 2.50 bits per heavy atom. The van der Waals surface area contributed by atoms with E-state index in [0.717, 1.165) is 24.6 Å². The van der Waals surface area contributed by atoms with E-state index in [9.17, 15) is 0 Å². The normalized spacial score (nSPS) is 20.9. The Morgan fingerprint density at radius 3 is 3.25 bits per heavy atom. The second-order valence-electron chi connectivity index (χ2n) is 4.41. The molecule has 0 aromatic carbocycles. The third-order valence-electron chi connectivity index (χ3n) is 3.06. The highest BCUT2D eigenvalue weighted by atomic mass is 16.5. The molecule has 1 aromatic rings. The minimum absolute atomic E-state index is 0.688. The summed E-state index contributed by atoms with van der Waals surface area (Å²) in [5, 5.41) is 3.43. The van der Waals surface area contributed by atoms with Crippen LogP contribution < -0.4 is 5.32 Å². The van der Waals surface area contributed by atoms with Gasteiger partial charge in [0.1, 0.15) is 0 Å². The molecule has 0 aliphatic carbocycles. The minimum Gasteiger partial charge on any atom is -0.377 e. The quantitative estimate of drug-likeness (QED) is 0.771. The summed E-state index contributed by atoms with van der Waals surface area (Å²) in [4.78, 5) is 4.06. The zero-order chi connectivity index (χ0) is 11.1. The van der Waals surface area contributed by atoms with Crippen LogP contribution in [0.4, 0.5) is 0 Å². The lowest BCUT2D eigenvalue weighted by Gasteiger charge is -2.22. The molecule has 0 bridgehead atoms. The van der Waals surface area contributed by atoms with E-state index in [0.29, 0.717) is 6.61 Å². The molecule has 1 fully saturated rings. The average molecular weight is 220 g/mol. The smallest absolute Gasteiger partial charge is 0.0731 e. The van der Waals surface area contributed by atoms with Gasteiger partial charge >= 0.3 is 0 Å². The summed E-state index contributed by atoms with van der Waals surface area (Å²) in [6.07, 6.45) is 7.49. The van der Waals surface area contributed by atoms with E-state index in [1.165, 1.54) is 25.8 Å². The van der Waals surface area contributed by atoms with Crippen molar-refractivity contribution in [3.63, 3.8) is 0 Å². The van der Waals surface area contributed by atoms with Gasteiger partial charge in [0.15, 0.2) is 0 Å². The number of nitrogens with one attached hydrogen (secondary N) is 1. The molecule has 2 heterocycles. The fourth-order valence-corrected chi connectivity index (χ4v) is 2.09. The first-order valence-corrected chi connectivity index (χ1v) is 6.12. The lowest BCUT2D eigenvalue weighted by atomic mass is 9.97. The van der Waals surface area contributed by atoms with Crippen molar-refractivity contribution in [2.75, 3.05) is 19.7 Å². The van der Waals surface area contributed by atoms with Crippen molar-refractivity contribution < 1.29 is 4.74 Å². The number of hydrogen-bond donors (Lipinski definition) is 1. The highest BCUT2D eigenvalue weighted by molar-refractivity contribution is 5.06. The van der Waals surface area contributed by atoms with Crippen LogP contribution in [0.2, 0.25) is 0 Å². The predicted octanol–water partition coefficient (Wildman–Crippen LogP) is 1.99. The van der Waals surface area contributed by atoms with Crippen LogP contribution in [-0.4, -0.2) is 24.7 Å². The minimum atomic E-state index is 0.688. The van der Waals surface area contributed by atoms with Crippen molar-refractivity contribution in [3.05, 3.63) is 30.1 Å². The molecule has 1 saturated heterocycles. The summed E-state index contributed by atoms with van der Waals surface area (Å²) in [6, 6.07) is 4.00. The highest BCUT2D eigenvalue weighted by Crippen LogP contribution is 2.14. The predicted molar refractivity (Wildman–Crippen MR) is 64.1 cm³/mol. The molecule has 0 radical (unpaired) electrons. The van der Waals surface area contributed by atoms with Gasteiger partial charge in [-0.25, -0.2) is 0 Å². The van der Waals surface area contributed by atoms with Crippen molar-refractivity contribution in [2.24, 2.45) is 5.92 Å². The number of pyridine rings is 1. The van der Waals surface area contributed by atoms with Gasteiger partial charge in [0.05, 0.1) is 6.61 Å². The molecule has 0 spiro atoms. The van der Waals surface area contributed by atoms with E-state index in [2.05, 4.69) is 16.4 Å². The van der Waals surface area contributed by atoms with Gasteiger partial charge in [-0.05, 0) is 49.9 Å². The number of ether oxygens (including phenoxy) is 1. The van der Waals surface area contributed by atoms with Gasteiger partial charge in [-0.3, -0.25) is 4.98 Å². The van der Waals surface area contributed by atoms with Crippen LogP contribution >= 0.6 is 0 Å². The van der Waals surface area contributed by atoms with E-state index in [1.54, 1.807) is 6.20 Å². The number of nitrogens with zero attached hydrogens (tertiary/aromatic N) is 1. The summed E-state index contributed by atoms with van der Waals surface area (Å²) >= 11 is 0. The monoisotopic (exact) mass is 220 g/mol. The van der Waals surface area contributed by atoms with Gasteiger partial charge < -0.3 is 10.1 Å². The van der Waals surface area contributed by atoms with Crippen LogP contribution in [-0.2, 0) is 11.3 Å². The summed E-state index contributed by atoms with van der Waals surface area (Å²) in [6.45, 7) is 3.90. The molecular formula is C13H20N2O. The van der Waals surface area contributed by atoms with Crippen molar-refractivity contribution in [1.82, 2.24) is 10.3 Å². The van der Waals surface area contributed by atoms with Gasteiger partial charge in [-0.1, -0.05) is 6.07 Å². The molecule has 1 atom stereocenters. The zero-order valence-corrected chi connectivity index (χ0v) is 9.69. The maximum atomic E-state index is 5.65. The number of rotatable bonds is 5. The van der Waals surface area contributed by atoms with Gasteiger partial charge in [0.2, 0.25) is 0 Å². The molecule has 3 heteroatoms. The molecule has 88 valence electrons. The lowest BCUT2D eigenvalue weighted by Crippen LogP contribution is -2.30. The van der Waals surface area contributed by atoms with E-state index in [-0.39, 0.29) is 0 Å². The molecule has 1 aliphatic heterocycles. The molecular weight excluding hydrogens is 200 g/mol. The summed E-state index contributed by atoms with van der Waals surface area (Å²) in [5.41, 5.74) is 1.16. The Balaban J connectivity index is 1.58. The first kappa shape index (κ1) is 11.6. The molecule has 2 rings (SSSR count). The number of aromatic nitrogens is 1. The van der Waals surface area contributed by atoms with Crippen LogP contribution in [0, 0.1) is 5.92 Å². The van der Waals surface area contributed by atoms with Crippen LogP contribution in [0.15, 0.2) is 24.5 Å². The Hall–Kier alpha value is -0.930. The van der Waals surface area contributed by atoms with Crippen LogP contribution in [0.25, 0.3) is 0 Å². The molecule has 1 aromatic heterocycles. The van der Waals surface area contributed by atoms with Gasteiger partial charge in [-0.2, -0.15) is 0 Å². The molecule has 3 nitrogen and oxygen atoms in total. The standard InChI is InChI=1S/C13H20N2O/c1-3-12(9-14-6-1)5-8-16-11-13-4-2-7-15-10-13/h2,4,7,10,12,14H,1,3,5-6,8-9,11H2/t12-/m0/s1. The van der Waals surface area contributed by atoms with Gasteiger partial charge in [-0.15, -0.1) is 0 Å². The van der Waals surface area contributed by atoms with E-state index < -0.39 is 0 Å². The fourth-order valence-electron chi connectivity index (χ4n) is 2.09. The Bertz CT molecular complexity index is 283. The third kappa shape index (κ3) is 3.91. The summed E-state index contributed by atoms with van der Waals surface area (Å²) in [5.74, 6) is 0.808. The largest absolute Gasteiger partial charge is 0.377 e. The SMILES string of the molecule is c1cncc(COCC[C@@H]2CCCNC2)c1. The van der Waals surface area contributed by atoms with Crippen LogP contribution in [0.5, 0.6) is 0 Å².